The molecule has 268 valence electrons. The third-order valence-electron chi connectivity index (χ3n) is 8.39. The van der Waals surface area contributed by atoms with Crippen LogP contribution in [0.4, 0.5) is 13.2 Å². The van der Waals surface area contributed by atoms with Crippen molar-refractivity contribution in [2.75, 3.05) is 32.8 Å². The van der Waals surface area contributed by atoms with Crippen molar-refractivity contribution in [3.63, 3.8) is 0 Å². The third kappa shape index (κ3) is 7.97. The molecule has 0 spiro atoms. The first-order valence-electron chi connectivity index (χ1n) is 16.4. The Morgan fingerprint density at radius 3 is 2.35 bits per heavy atom. The van der Waals surface area contributed by atoms with Gasteiger partial charge in [0.05, 0.1) is 47.2 Å². The lowest BCUT2D eigenvalue weighted by molar-refractivity contribution is -0.138. The maximum atomic E-state index is 14.5. The molecular formula is C37H34F3N7O5. The van der Waals surface area contributed by atoms with Crippen molar-refractivity contribution in [1.29, 1.82) is 0 Å². The standard InChI is InChI=1S/C37H34F3N7O5/c1-4-25-6-5-7-29-35(25)36(50)47(30-20-26(8-13-32(30)52-24(2)3)31(48)21-46-41-14-15-42-46)33(43-29)22-44-16-18-45(19-17-44)34(49)23-51-28-11-9-27(10-12-28)37(38,39)40/h1,5-15,20,24H,16-19,21-23H2,2-3H3. The van der Waals surface area contributed by atoms with E-state index >= 15 is 0 Å². The largest absolute Gasteiger partial charge is 0.489 e. The number of carbonyl (C=O) groups is 2. The van der Waals surface area contributed by atoms with E-state index in [-0.39, 0.29) is 48.6 Å². The van der Waals surface area contributed by atoms with E-state index in [2.05, 4.69) is 16.1 Å². The number of ether oxygens (including phenoxy) is 2. The number of benzene rings is 3. The van der Waals surface area contributed by atoms with Crippen molar-refractivity contribution in [3.05, 3.63) is 106 Å². The van der Waals surface area contributed by atoms with Crippen molar-refractivity contribution in [2.24, 2.45) is 0 Å². The van der Waals surface area contributed by atoms with Gasteiger partial charge in [-0.2, -0.15) is 28.2 Å². The quantitative estimate of drug-likeness (QED) is 0.145. The fourth-order valence-electron chi connectivity index (χ4n) is 5.85. The van der Waals surface area contributed by atoms with Gasteiger partial charge in [0.2, 0.25) is 0 Å². The van der Waals surface area contributed by atoms with Crippen LogP contribution in [0.25, 0.3) is 16.6 Å². The Morgan fingerprint density at radius 2 is 1.69 bits per heavy atom. The SMILES string of the molecule is C#Cc1cccc2nc(CN3CCN(C(=O)COc4ccc(C(F)(F)F)cc4)CC3)n(-c3cc(C(=O)Cn4nccn4)ccc3OC(C)C)c(=O)c12. The lowest BCUT2D eigenvalue weighted by Crippen LogP contribution is -2.50. The van der Waals surface area contributed by atoms with Gasteiger partial charge in [0.25, 0.3) is 11.5 Å². The highest BCUT2D eigenvalue weighted by atomic mass is 19.4. The number of Topliss-reactive ketones (excluding diaryl/α,β-unsaturated/α-hetero) is 1. The maximum Gasteiger partial charge on any atom is 0.416 e. The van der Waals surface area contributed by atoms with Crippen molar-refractivity contribution in [1.82, 2.24) is 34.3 Å². The van der Waals surface area contributed by atoms with E-state index in [1.54, 1.807) is 41.3 Å². The van der Waals surface area contributed by atoms with Gasteiger partial charge < -0.3 is 14.4 Å². The zero-order chi connectivity index (χ0) is 37.0. The summed E-state index contributed by atoms with van der Waals surface area (Å²) < 4.78 is 51.7. The fourth-order valence-corrected chi connectivity index (χ4v) is 5.85. The molecule has 1 amide bonds. The minimum absolute atomic E-state index is 0.117. The van der Waals surface area contributed by atoms with Crippen LogP contribution in [0.15, 0.2) is 77.9 Å². The highest BCUT2D eigenvalue weighted by Crippen LogP contribution is 2.31. The molecule has 6 rings (SSSR count). The number of hydrogen-bond donors (Lipinski definition) is 0. The minimum atomic E-state index is -4.47. The van der Waals surface area contributed by atoms with E-state index < -0.39 is 17.3 Å². The number of fused-ring (bicyclic) bond motifs is 1. The predicted molar refractivity (Wildman–Crippen MR) is 184 cm³/mol. The lowest BCUT2D eigenvalue weighted by atomic mass is 10.1. The summed E-state index contributed by atoms with van der Waals surface area (Å²) in [4.78, 5) is 50.6. The average molecular weight is 714 g/mol. The molecule has 12 nitrogen and oxygen atoms in total. The zero-order valence-corrected chi connectivity index (χ0v) is 28.3. The van der Waals surface area contributed by atoms with Gasteiger partial charge in [-0.15, -0.1) is 6.42 Å². The second-order valence-corrected chi connectivity index (χ2v) is 12.3. The van der Waals surface area contributed by atoms with Crippen molar-refractivity contribution in [3.8, 4) is 29.5 Å². The summed E-state index contributed by atoms with van der Waals surface area (Å²) in [5.41, 5.74) is 0.141. The Hall–Kier alpha value is -6.01. The van der Waals surface area contributed by atoms with Crippen LogP contribution in [0.5, 0.6) is 11.5 Å². The summed E-state index contributed by atoms with van der Waals surface area (Å²) in [7, 11) is 0. The number of aromatic nitrogens is 5. The van der Waals surface area contributed by atoms with Gasteiger partial charge in [0.1, 0.15) is 23.9 Å². The van der Waals surface area contributed by atoms with Crippen LogP contribution >= 0.6 is 0 Å². The summed E-state index contributed by atoms with van der Waals surface area (Å²) in [6.45, 7) is 4.96. The Morgan fingerprint density at radius 1 is 0.981 bits per heavy atom. The van der Waals surface area contributed by atoms with Crippen LogP contribution < -0.4 is 15.0 Å². The van der Waals surface area contributed by atoms with Crippen LogP contribution in [0.2, 0.25) is 0 Å². The number of piperazine rings is 1. The fraction of sp³-hybridized carbons (Fsp3) is 0.297. The van der Waals surface area contributed by atoms with Crippen LogP contribution in [-0.4, -0.2) is 84.9 Å². The number of halogens is 3. The van der Waals surface area contributed by atoms with Gasteiger partial charge in [-0.3, -0.25) is 23.9 Å². The van der Waals surface area contributed by atoms with Crippen molar-refractivity contribution >= 4 is 22.6 Å². The molecule has 0 atom stereocenters. The van der Waals surface area contributed by atoms with Crippen LogP contribution in [0.1, 0.15) is 41.2 Å². The van der Waals surface area contributed by atoms with E-state index in [9.17, 15) is 27.6 Å². The van der Waals surface area contributed by atoms with Crippen molar-refractivity contribution < 1.29 is 32.2 Å². The first kappa shape index (κ1) is 35.8. The van der Waals surface area contributed by atoms with E-state index in [1.807, 2.05) is 18.7 Å². The Bertz CT molecular complexity index is 2190. The molecule has 5 aromatic rings. The first-order chi connectivity index (χ1) is 24.9. The molecule has 15 heteroatoms. The molecule has 1 aliphatic rings. The molecule has 1 fully saturated rings. The normalized spacial score (nSPS) is 13.7. The molecule has 0 N–H and O–H groups in total. The van der Waals surface area contributed by atoms with Gasteiger partial charge in [0.15, 0.2) is 12.4 Å². The second-order valence-electron chi connectivity index (χ2n) is 12.3. The van der Waals surface area contributed by atoms with E-state index in [4.69, 9.17) is 20.9 Å². The molecule has 52 heavy (non-hydrogen) atoms. The lowest BCUT2D eigenvalue weighted by Gasteiger charge is -2.34. The molecule has 1 aliphatic heterocycles. The Labute approximate surface area is 296 Å². The summed E-state index contributed by atoms with van der Waals surface area (Å²) in [6, 6.07) is 14.1. The summed E-state index contributed by atoms with van der Waals surface area (Å²) in [5.74, 6) is 2.85. The van der Waals surface area contributed by atoms with Crippen LogP contribution in [0, 0.1) is 12.3 Å². The summed E-state index contributed by atoms with van der Waals surface area (Å²) in [5, 5.41) is 8.28. The first-order valence-corrected chi connectivity index (χ1v) is 16.4. The highest BCUT2D eigenvalue weighted by molar-refractivity contribution is 5.96. The van der Waals surface area contributed by atoms with Gasteiger partial charge in [-0.05, 0) is 68.4 Å². The van der Waals surface area contributed by atoms with Crippen molar-refractivity contribution in [2.45, 2.75) is 39.2 Å². The highest BCUT2D eigenvalue weighted by Gasteiger charge is 2.30. The number of ketones is 1. The zero-order valence-electron chi connectivity index (χ0n) is 28.3. The van der Waals surface area contributed by atoms with Gasteiger partial charge in [0, 0.05) is 37.3 Å². The van der Waals surface area contributed by atoms with Gasteiger partial charge in [-0.1, -0.05) is 12.0 Å². The number of hydrogen-bond acceptors (Lipinski definition) is 9. The minimum Gasteiger partial charge on any atom is -0.489 e. The van der Waals surface area contributed by atoms with E-state index in [1.165, 1.54) is 33.9 Å². The molecular weight excluding hydrogens is 679 g/mol. The molecule has 2 aromatic heterocycles. The Balaban J connectivity index is 1.27. The Kier molecular flexibility index (Phi) is 10.4. The third-order valence-corrected chi connectivity index (χ3v) is 8.39. The number of amides is 1. The topological polar surface area (TPSA) is 125 Å². The summed E-state index contributed by atoms with van der Waals surface area (Å²) >= 11 is 0. The van der Waals surface area contributed by atoms with E-state index in [0.717, 1.165) is 12.1 Å². The molecule has 1 saturated heterocycles. The monoisotopic (exact) mass is 713 g/mol. The molecule has 0 bridgehead atoms. The molecule has 0 aliphatic carbocycles. The maximum absolute atomic E-state index is 14.5. The second kappa shape index (κ2) is 15.1. The molecule has 3 aromatic carbocycles. The molecule has 0 radical (unpaired) electrons. The van der Waals surface area contributed by atoms with Gasteiger partial charge in [-0.25, -0.2) is 4.98 Å². The average Bonchev–Trinajstić information content (AvgIpc) is 3.64. The molecule has 3 heterocycles. The number of terminal acetylenes is 1. The van der Waals surface area contributed by atoms with E-state index in [0.29, 0.717) is 60.1 Å². The molecule has 0 unspecified atom stereocenters. The van der Waals surface area contributed by atoms with Crippen LogP contribution in [0.3, 0.4) is 0 Å². The predicted octanol–water partition coefficient (Wildman–Crippen LogP) is 4.37. The number of nitrogens with zero attached hydrogens (tertiary/aromatic N) is 7. The number of rotatable bonds is 11. The number of carbonyl (C=O) groups excluding carboxylic acids is 2. The summed E-state index contributed by atoms with van der Waals surface area (Å²) in [6.07, 6.45) is 4.01. The van der Waals surface area contributed by atoms with Gasteiger partial charge >= 0.3 is 6.18 Å². The van der Waals surface area contributed by atoms with Crippen LogP contribution in [-0.2, 0) is 24.1 Å². The smallest absolute Gasteiger partial charge is 0.416 e. The number of alkyl halides is 3. The molecule has 0 saturated carbocycles.